The third-order valence-corrected chi connectivity index (χ3v) is 4.22. The average molecular weight is 327 g/mol. The molecule has 0 aliphatic carbocycles. The lowest BCUT2D eigenvalue weighted by atomic mass is 10.1. The van der Waals surface area contributed by atoms with E-state index in [0.29, 0.717) is 6.42 Å². The van der Waals surface area contributed by atoms with Crippen LogP contribution in [0.4, 0.5) is 0 Å². The second-order valence-corrected chi connectivity index (χ2v) is 6.16. The number of benzene rings is 2. The molecule has 0 aliphatic rings. The molecule has 5 heteroatoms. The minimum absolute atomic E-state index is 0.0848. The molecule has 0 spiro atoms. The largest absolute Gasteiger partial charge is 0.294 e. The van der Waals surface area contributed by atoms with E-state index in [9.17, 15) is 8.42 Å². The fourth-order valence-electron chi connectivity index (χ4n) is 1.64. The highest BCUT2D eigenvalue weighted by Crippen LogP contribution is 2.20. The van der Waals surface area contributed by atoms with E-state index in [1.807, 2.05) is 24.3 Å². The lowest BCUT2D eigenvalue weighted by molar-refractivity contribution is 0.483. The molecule has 2 aromatic rings. The van der Waals surface area contributed by atoms with Crippen molar-refractivity contribution in [3.05, 3.63) is 64.1 Å². The molecule has 3 nitrogen and oxygen atoms in total. The molecule has 0 amide bonds. The Balaban J connectivity index is 2.24. The summed E-state index contributed by atoms with van der Waals surface area (Å²) in [5.74, 6) is 0. The first-order valence-corrected chi connectivity index (χ1v) is 7.50. The zero-order valence-corrected chi connectivity index (χ0v) is 11.8. The van der Waals surface area contributed by atoms with Gasteiger partial charge in [-0.3, -0.25) is 4.55 Å². The van der Waals surface area contributed by atoms with Gasteiger partial charge in [-0.15, -0.1) is 0 Å². The van der Waals surface area contributed by atoms with Crippen LogP contribution >= 0.6 is 15.9 Å². The number of hydrogen-bond acceptors (Lipinski definition) is 2. The molecule has 0 aliphatic heterocycles. The van der Waals surface area contributed by atoms with Crippen LogP contribution in [-0.4, -0.2) is 13.0 Å². The maximum atomic E-state index is 10.9. The molecule has 0 atom stereocenters. The van der Waals surface area contributed by atoms with Crippen molar-refractivity contribution < 1.29 is 13.0 Å². The van der Waals surface area contributed by atoms with Crippen molar-refractivity contribution in [1.29, 1.82) is 0 Å². The van der Waals surface area contributed by atoms with Gasteiger partial charge < -0.3 is 0 Å². The van der Waals surface area contributed by atoms with E-state index in [1.54, 1.807) is 12.1 Å². The summed E-state index contributed by atoms with van der Waals surface area (Å²) in [5.41, 5.74) is 2.10. The van der Waals surface area contributed by atoms with Crippen molar-refractivity contribution in [1.82, 2.24) is 0 Å². The van der Waals surface area contributed by atoms with E-state index >= 15 is 0 Å². The monoisotopic (exact) mass is 326 g/mol. The lowest BCUT2D eigenvalue weighted by Crippen LogP contribution is -1.98. The smallest absolute Gasteiger partial charge is 0.282 e. The van der Waals surface area contributed by atoms with Crippen molar-refractivity contribution in [2.24, 2.45) is 0 Å². The molecule has 2 aromatic carbocycles. The lowest BCUT2D eigenvalue weighted by Gasteiger charge is -2.05. The van der Waals surface area contributed by atoms with Gasteiger partial charge in [-0.1, -0.05) is 46.3 Å². The van der Waals surface area contributed by atoms with Crippen LogP contribution in [0.1, 0.15) is 11.1 Å². The summed E-state index contributed by atoms with van der Waals surface area (Å²) in [6.45, 7) is 0. The van der Waals surface area contributed by atoms with E-state index < -0.39 is 10.1 Å². The normalized spacial score (nSPS) is 11.4. The zero-order valence-electron chi connectivity index (χ0n) is 9.38. The van der Waals surface area contributed by atoms with Crippen molar-refractivity contribution in [2.45, 2.75) is 11.3 Å². The molecule has 0 unspecified atom stereocenters. The minimum Gasteiger partial charge on any atom is -0.282 e. The van der Waals surface area contributed by atoms with E-state index in [4.69, 9.17) is 4.55 Å². The van der Waals surface area contributed by atoms with E-state index in [1.165, 1.54) is 12.1 Å². The molecule has 0 saturated heterocycles. The van der Waals surface area contributed by atoms with E-state index in [2.05, 4.69) is 15.9 Å². The Morgan fingerprint density at radius 2 is 1.61 bits per heavy atom. The number of halogens is 1. The quantitative estimate of drug-likeness (QED) is 0.880. The van der Waals surface area contributed by atoms with Gasteiger partial charge in [-0.05, 0) is 35.7 Å². The first kappa shape index (κ1) is 13.3. The fraction of sp³-hybridized carbons (Fsp3) is 0.0769. The summed E-state index contributed by atoms with van der Waals surface area (Å²) in [6, 6.07) is 14.1. The maximum Gasteiger partial charge on any atom is 0.294 e. The Morgan fingerprint density at radius 1 is 1.00 bits per heavy atom. The first-order valence-electron chi connectivity index (χ1n) is 5.26. The van der Waals surface area contributed by atoms with Gasteiger partial charge in [0.2, 0.25) is 0 Å². The Labute approximate surface area is 114 Å². The molecule has 0 heterocycles. The minimum atomic E-state index is -4.11. The molecule has 0 saturated carbocycles. The van der Waals surface area contributed by atoms with Gasteiger partial charge in [0, 0.05) is 4.47 Å². The highest BCUT2D eigenvalue weighted by atomic mass is 79.9. The zero-order chi connectivity index (χ0) is 13.2. The first-order chi connectivity index (χ1) is 8.47. The predicted octanol–water partition coefficient (Wildman–Crippen LogP) is 3.29. The van der Waals surface area contributed by atoms with Gasteiger partial charge >= 0.3 is 0 Å². The molecule has 0 fully saturated rings. The standard InChI is InChI=1S/C13H11BrO3S/c14-13-4-2-1-3-11(13)9-10-5-7-12(8-6-10)18(15,16)17/h1-8H,9H2,(H,15,16,17). The van der Waals surface area contributed by atoms with Gasteiger partial charge in [0.15, 0.2) is 0 Å². The van der Waals surface area contributed by atoms with Gasteiger partial charge in [-0.25, -0.2) is 0 Å². The van der Waals surface area contributed by atoms with Crippen LogP contribution in [0.15, 0.2) is 57.9 Å². The van der Waals surface area contributed by atoms with Crippen molar-refractivity contribution in [2.75, 3.05) is 0 Å². The molecule has 18 heavy (non-hydrogen) atoms. The van der Waals surface area contributed by atoms with Crippen LogP contribution in [0.3, 0.4) is 0 Å². The summed E-state index contributed by atoms with van der Waals surface area (Å²) in [6.07, 6.45) is 0.702. The molecule has 1 N–H and O–H groups in total. The van der Waals surface area contributed by atoms with Crippen LogP contribution in [0.5, 0.6) is 0 Å². The van der Waals surface area contributed by atoms with Gasteiger partial charge in [0.1, 0.15) is 0 Å². The fourth-order valence-corrected chi connectivity index (χ4v) is 2.55. The summed E-state index contributed by atoms with van der Waals surface area (Å²) >= 11 is 3.46. The van der Waals surface area contributed by atoms with Crippen molar-refractivity contribution in [3.8, 4) is 0 Å². The summed E-state index contributed by atoms with van der Waals surface area (Å²) in [7, 11) is -4.11. The second-order valence-electron chi connectivity index (χ2n) is 3.89. The number of hydrogen-bond donors (Lipinski definition) is 1. The molecule has 0 aromatic heterocycles. The number of rotatable bonds is 3. The second kappa shape index (κ2) is 5.22. The molecule has 0 radical (unpaired) electrons. The summed E-state index contributed by atoms with van der Waals surface area (Å²) in [5, 5.41) is 0. The highest BCUT2D eigenvalue weighted by Gasteiger charge is 2.08. The molecular formula is C13H11BrO3S. The van der Waals surface area contributed by atoms with E-state index in [0.717, 1.165) is 15.6 Å². The van der Waals surface area contributed by atoms with Crippen molar-refractivity contribution >= 4 is 26.0 Å². The highest BCUT2D eigenvalue weighted by molar-refractivity contribution is 9.10. The van der Waals surface area contributed by atoms with Gasteiger partial charge in [0.25, 0.3) is 10.1 Å². The Morgan fingerprint density at radius 3 is 2.17 bits per heavy atom. The Kier molecular flexibility index (Phi) is 3.85. The average Bonchev–Trinajstić information content (AvgIpc) is 2.32. The van der Waals surface area contributed by atoms with Crippen LogP contribution < -0.4 is 0 Å². The maximum absolute atomic E-state index is 10.9. The Bertz CT molecular complexity index is 648. The topological polar surface area (TPSA) is 54.4 Å². The molecular weight excluding hydrogens is 316 g/mol. The summed E-state index contributed by atoms with van der Waals surface area (Å²) in [4.78, 5) is -0.0848. The molecule has 94 valence electrons. The summed E-state index contributed by atoms with van der Waals surface area (Å²) < 4.78 is 31.7. The van der Waals surface area contributed by atoms with Gasteiger partial charge in [0.05, 0.1) is 4.90 Å². The van der Waals surface area contributed by atoms with Crippen LogP contribution in [0.25, 0.3) is 0 Å². The van der Waals surface area contributed by atoms with Crippen molar-refractivity contribution in [3.63, 3.8) is 0 Å². The SMILES string of the molecule is O=S(=O)(O)c1ccc(Cc2ccccc2Br)cc1. The molecule has 0 bridgehead atoms. The van der Waals surface area contributed by atoms with Crippen LogP contribution in [-0.2, 0) is 16.5 Å². The van der Waals surface area contributed by atoms with Crippen LogP contribution in [0, 0.1) is 0 Å². The predicted molar refractivity (Wildman–Crippen MR) is 73.2 cm³/mol. The third kappa shape index (κ3) is 3.19. The van der Waals surface area contributed by atoms with Crippen LogP contribution in [0.2, 0.25) is 0 Å². The van der Waals surface area contributed by atoms with E-state index in [-0.39, 0.29) is 4.90 Å². The third-order valence-electron chi connectivity index (χ3n) is 2.57. The van der Waals surface area contributed by atoms with Gasteiger partial charge in [-0.2, -0.15) is 8.42 Å². The molecule has 2 rings (SSSR count). The Hall–Kier alpha value is -1.17.